The number of nitrogens with zero attached hydrogens (tertiary/aromatic N) is 2. The molecule has 4 rings (SSSR count). The molecule has 2 N–H and O–H groups in total. The maximum absolute atomic E-state index is 13.0. The van der Waals surface area contributed by atoms with Gasteiger partial charge in [0.1, 0.15) is 5.82 Å². The van der Waals surface area contributed by atoms with Crippen LogP contribution >= 0.6 is 24.0 Å². The van der Waals surface area contributed by atoms with Crippen molar-refractivity contribution in [3.05, 3.63) is 35.6 Å². The summed E-state index contributed by atoms with van der Waals surface area (Å²) in [4.78, 5) is 6.95. The third kappa shape index (κ3) is 3.84. The van der Waals surface area contributed by atoms with E-state index in [9.17, 15) is 9.50 Å². The van der Waals surface area contributed by atoms with E-state index in [1.807, 2.05) is 0 Å². The highest BCUT2D eigenvalue weighted by Crippen LogP contribution is 2.47. The van der Waals surface area contributed by atoms with Crippen LogP contribution in [0.1, 0.15) is 31.4 Å². The smallest absolute Gasteiger partial charge is 0.194 e. The minimum absolute atomic E-state index is 0. The van der Waals surface area contributed by atoms with E-state index in [2.05, 4.69) is 22.1 Å². The molecule has 0 radical (unpaired) electrons. The monoisotopic (exact) mass is 475 g/mol. The Hall–Kier alpha value is -0.930. The number of rotatable bonds is 4. The molecule has 26 heavy (non-hydrogen) atoms. The molecule has 0 amide bonds. The molecule has 144 valence electrons. The van der Waals surface area contributed by atoms with Crippen LogP contribution in [0.2, 0.25) is 0 Å². The number of halogens is 2. The minimum Gasteiger partial charge on any atom is -0.386 e. The highest BCUT2D eigenvalue weighted by atomic mass is 127. The summed E-state index contributed by atoms with van der Waals surface area (Å²) in [5.74, 6) is 1.79. The van der Waals surface area contributed by atoms with Crippen molar-refractivity contribution in [2.45, 2.75) is 38.1 Å². The third-order valence-corrected chi connectivity index (χ3v) is 5.76. The van der Waals surface area contributed by atoms with E-state index in [1.165, 1.54) is 25.0 Å². The van der Waals surface area contributed by atoms with Crippen molar-refractivity contribution < 1.29 is 14.2 Å². The Morgan fingerprint density at radius 3 is 2.46 bits per heavy atom. The van der Waals surface area contributed by atoms with Gasteiger partial charge in [-0.3, -0.25) is 4.99 Å². The summed E-state index contributed by atoms with van der Waals surface area (Å²) >= 11 is 0. The number of hydrogen-bond acceptors (Lipinski definition) is 3. The number of benzene rings is 1. The molecule has 2 bridgehead atoms. The molecule has 5 unspecified atom stereocenters. The van der Waals surface area contributed by atoms with Crippen molar-refractivity contribution in [1.82, 2.24) is 10.2 Å². The lowest BCUT2D eigenvalue weighted by Crippen LogP contribution is -2.41. The van der Waals surface area contributed by atoms with E-state index >= 15 is 0 Å². The van der Waals surface area contributed by atoms with E-state index < -0.39 is 6.10 Å². The van der Waals surface area contributed by atoms with Gasteiger partial charge in [0.15, 0.2) is 5.96 Å². The van der Waals surface area contributed by atoms with Gasteiger partial charge < -0.3 is 20.1 Å². The number of likely N-dealkylation sites (tertiary alicyclic amines) is 1. The van der Waals surface area contributed by atoms with E-state index in [4.69, 9.17) is 4.74 Å². The highest BCUT2D eigenvalue weighted by molar-refractivity contribution is 14.0. The number of hydrogen-bond donors (Lipinski definition) is 2. The Kier molecular flexibility index (Phi) is 6.40. The molecular formula is C19H27FIN3O2. The topological polar surface area (TPSA) is 57.1 Å². The Bertz CT molecular complexity index is 624. The van der Waals surface area contributed by atoms with Gasteiger partial charge in [0.05, 0.1) is 24.9 Å². The number of aliphatic hydroxyl groups excluding tert-OH is 1. The summed E-state index contributed by atoms with van der Waals surface area (Å²) in [6.45, 7) is 5.06. The number of guanidine groups is 1. The predicted octanol–water partition coefficient (Wildman–Crippen LogP) is 2.55. The van der Waals surface area contributed by atoms with Gasteiger partial charge in [-0.1, -0.05) is 12.1 Å². The fraction of sp³-hybridized carbons (Fsp3) is 0.632. The molecule has 3 aliphatic rings. The Morgan fingerprint density at radius 2 is 1.88 bits per heavy atom. The van der Waals surface area contributed by atoms with Crippen molar-refractivity contribution in [2.75, 3.05) is 26.2 Å². The van der Waals surface area contributed by atoms with Crippen molar-refractivity contribution >= 4 is 29.9 Å². The average molecular weight is 475 g/mol. The molecule has 3 fully saturated rings. The highest BCUT2D eigenvalue weighted by Gasteiger charge is 2.53. The van der Waals surface area contributed by atoms with Gasteiger partial charge in [0.25, 0.3) is 0 Å². The number of aliphatic imine (C=N–C) groups is 1. The van der Waals surface area contributed by atoms with Crippen molar-refractivity contribution in [3.8, 4) is 0 Å². The van der Waals surface area contributed by atoms with E-state index in [-0.39, 0.29) is 36.3 Å². The Labute approximate surface area is 171 Å². The number of aliphatic hydroxyl groups is 1. The van der Waals surface area contributed by atoms with Crippen LogP contribution in [0.4, 0.5) is 4.39 Å². The largest absolute Gasteiger partial charge is 0.386 e. The standard InChI is InChI=1S/C19H26FN3O2.HI/c1-2-21-19(22-9-16(24)12-3-5-13(20)6-4-12)23-10-14-15(11-23)18-8-7-17(14)25-18;/h3-6,14-18,24H,2,7-11H2,1H3,(H,21,22);1H. The summed E-state index contributed by atoms with van der Waals surface area (Å²) in [6, 6.07) is 5.95. The zero-order valence-corrected chi connectivity index (χ0v) is 17.3. The van der Waals surface area contributed by atoms with Crippen LogP contribution in [-0.4, -0.2) is 54.4 Å². The first-order valence-electron chi connectivity index (χ1n) is 9.28. The van der Waals surface area contributed by atoms with Crippen LogP contribution in [0.25, 0.3) is 0 Å². The normalized spacial score (nSPS) is 30.9. The fourth-order valence-corrected chi connectivity index (χ4v) is 4.52. The second kappa shape index (κ2) is 8.39. The van der Waals surface area contributed by atoms with Crippen molar-refractivity contribution in [1.29, 1.82) is 0 Å². The summed E-state index contributed by atoms with van der Waals surface area (Å²) < 4.78 is 19.0. The SMILES string of the molecule is CCNC(=NCC(O)c1ccc(F)cc1)N1CC2C3CCC(O3)C2C1.I. The van der Waals surface area contributed by atoms with Crippen LogP contribution in [0.15, 0.2) is 29.3 Å². The Morgan fingerprint density at radius 1 is 1.27 bits per heavy atom. The van der Waals surface area contributed by atoms with E-state index in [0.29, 0.717) is 29.6 Å². The molecule has 0 aliphatic carbocycles. The molecule has 0 aromatic heterocycles. The van der Waals surface area contributed by atoms with Gasteiger partial charge in [0.2, 0.25) is 0 Å². The van der Waals surface area contributed by atoms with Gasteiger partial charge in [-0.25, -0.2) is 4.39 Å². The second-order valence-corrected chi connectivity index (χ2v) is 7.29. The van der Waals surface area contributed by atoms with Crippen LogP contribution < -0.4 is 5.32 Å². The first-order chi connectivity index (χ1) is 12.2. The molecule has 3 aliphatic heterocycles. The number of fused-ring (bicyclic) bond motifs is 5. The molecule has 5 atom stereocenters. The van der Waals surface area contributed by atoms with Crippen LogP contribution in [0.3, 0.4) is 0 Å². The maximum Gasteiger partial charge on any atom is 0.194 e. The lowest BCUT2D eigenvalue weighted by Gasteiger charge is -2.23. The van der Waals surface area contributed by atoms with Gasteiger partial charge in [-0.05, 0) is 37.5 Å². The lowest BCUT2D eigenvalue weighted by atomic mass is 9.82. The minimum atomic E-state index is -0.726. The van der Waals surface area contributed by atoms with Crippen molar-refractivity contribution in [2.24, 2.45) is 16.8 Å². The second-order valence-electron chi connectivity index (χ2n) is 7.29. The van der Waals surface area contributed by atoms with Gasteiger partial charge >= 0.3 is 0 Å². The lowest BCUT2D eigenvalue weighted by molar-refractivity contribution is 0.0766. The van der Waals surface area contributed by atoms with Gasteiger partial charge in [-0.2, -0.15) is 0 Å². The van der Waals surface area contributed by atoms with Crippen LogP contribution in [0, 0.1) is 17.7 Å². The summed E-state index contributed by atoms with van der Waals surface area (Å²) in [6.07, 6.45) is 2.50. The van der Waals surface area contributed by atoms with Crippen LogP contribution in [0.5, 0.6) is 0 Å². The number of nitrogens with one attached hydrogen (secondary N) is 1. The first-order valence-corrected chi connectivity index (χ1v) is 9.28. The zero-order valence-electron chi connectivity index (χ0n) is 15.0. The summed E-state index contributed by atoms with van der Waals surface area (Å²) in [5, 5.41) is 13.7. The quantitative estimate of drug-likeness (QED) is 0.400. The molecule has 1 aromatic rings. The molecule has 5 nitrogen and oxygen atoms in total. The molecule has 0 spiro atoms. The molecule has 3 heterocycles. The molecule has 3 saturated heterocycles. The average Bonchev–Trinajstić information content (AvgIpc) is 3.31. The predicted molar refractivity (Wildman–Crippen MR) is 109 cm³/mol. The van der Waals surface area contributed by atoms with Crippen molar-refractivity contribution in [3.63, 3.8) is 0 Å². The summed E-state index contributed by atoms with van der Waals surface area (Å²) in [5.41, 5.74) is 0.686. The molecular weight excluding hydrogens is 448 g/mol. The molecule has 1 aromatic carbocycles. The molecule has 7 heteroatoms. The zero-order chi connectivity index (χ0) is 17.4. The van der Waals surface area contributed by atoms with Gasteiger partial charge in [0, 0.05) is 31.5 Å². The number of ether oxygens (including phenoxy) is 1. The Balaban J connectivity index is 0.00000196. The maximum atomic E-state index is 13.0. The summed E-state index contributed by atoms with van der Waals surface area (Å²) in [7, 11) is 0. The fourth-order valence-electron chi connectivity index (χ4n) is 4.52. The van der Waals surface area contributed by atoms with E-state index in [0.717, 1.165) is 25.6 Å². The molecule has 0 saturated carbocycles. The first kappa shape index (κ1) is 19.8. The van der Waals surface area contributed by atoms with Gasteiger partial charge in [-0.15, -0.1) is 24.0 Å². The third-order valence-electron chi connectivity index (χ3n) is 5.76. The van der Waals surface area contributed by atoms with Crippen LogP contribution in [-0.2, 0) is 4.74 Å². The van der Waals surface area contributed by atoms with E-state index in [1.54, 1.807) is 12.1 Å².